The standard InChI is InChI=1S/C60H38N2O2/c1-3-17-39(18-4-1)43-35-36-46(45-22-8-7-21-44(43)45)60-48-34-32-41(61-51-23-9-13-27-55(51)63-56-28-14-10-24-52(56)61)37-49(48)59(40-19-5-2-6-20-40)47-33-31-42(38-50(47)60)62-53-25-11-15-29-57(53)64-58-30-16-12-26-54(58)62/h1-38H. The zero-order valence-electron chi connectivity index (χ0n) is 34.7. The van der Waals surface area contributed by atoms with E-state index in [9.17, 15) is 0 Å². The number of benzene rings is 11. The van der Waals surface area contributed by atoms with E-state index in [1.807, 2.05) is 36.4 Å². The summed E-state index contributed by atoms with van der Waals surface area (Å²) in [4.78, 5) is 4.68. The first-order valence-corrected chi connectivity index (χ1v) is 21.8. The fraction of sp³-hybridized carbons (Fsp3) is 0. The molecule has 4 nitrogen and oxygen atoms in total. The Morgan fingerprint density at radius 1 is 0.250 bits per heavy atom. The minimum Gasteiger partial charge on any atom is -0.453 e. The molecule has 2 aliphatic heterocycles. The van der Waals surface area contributed by atoms with Gasteiger partial charge in [0.1, 0.15) is 0 Å². The maximum Gasteiger partial charge on any atom is 0.151 e. The number of rotatable bonds is 5. The summed E-state index contributed by atoms with van der Waals surface area (Å²) in [7, 11) is 0. The molecule has 0 unspecified atom stereocenters. The molecule has 0 saturated heterocycles. The first-order chi connectivity index (χ1) is 31.8. The molecule has 0 radical (unpaired) electrons. The Kier molecular flexibility index (Phi) is 8.18. The van der Waals surface area contributed by atoms with E-state index in [4.69, 9.17) is 9.47 Å². The second-order valence-electron chi connectivity index (χ2n) is 16.4. The van der Waals surface area contributed by atoms with Crippen LogP contribution in [0.3, 0.4) is 0 Å². The average molecular weight is 819 g/mol. The van der Waals surface area contributed by atoms with Crippen molar-refractivity contribution < 1.29 is 9.47 Å². The Balaban J connectivity index is 1.15. The van der Waals surface area contributed by atoms with Crippen molar-refractivity contribution in [3.63, 3.8) is 0 Å². The smallest absolute Gasteiger partial charge is 0.151 e. The minimum absolute atomic E-state index is 0.825. The summed E-state index contributed by atoms with van der Waals surface area (Å²) in [6.45, 7) is 0. The molecule has 13 rings (SSSR count). The van der Waals surface area contributed by atoms with Crippen LogP contribution in [0.1, 0.15) is 0 Å². The normalized spacial score (nSPS) is 12.6. The van der Waals surface area contributed by atoms with Crippen molar-refractivity contribution in [1.82, 2.24) is 0 Å². The lowest BCUT2D eigenvalue weighted by molar-refractivity contribution is 0.477. The third-order valence-corrected chi connectivity index (χ3v) is 12.8. The predicted molar refractivity (Wildman–Crippen MR) is 265 cm³/mol. The molecule has 2 heterocycles. The lowest BCUT2D eigenvalue weighted by Crippen LogP contribution is -2.16. The van der Waals surface area contributed by atoms with Gasteiger partial charge >= 0.3 is 0 Å². The summed E-state index contributed by atoms with van der Waals surface area (Å²) in [6, 6.07) is 82.4. The highest BCUT2D eigenvalue weighted by Crippen LogP contribution is 2.55. The molecular weight excluding hydrogens is 781 g/mol. The van der Waals surface area contributed by atoms with Crippen LogP contribution in [-0.4, -0.2) is 0 Å². The van der Waals surface area contributed by atoms with Gasteiger partial charge in [0.25, 0.3) is 0 Å². The topological polar surface area (TPSA) is 24.9 Å². The van der Waals surface area contributed by atoms with Crippen LogP contribution in [0, 0.1) is 0 Å². The van der Waals surface area contributed by atoms with E-state index in [1.54, 1.807) is 0 Å². The van der Waals surface area contributed by atoms with Crippen LogP contribution >= 0.6 is 0 Å². The van der Waals surface area contributed by atoms with Crippen LogP contribution in [-0.2, 0) is 0 Å². The molecule has 0 N–H and O–H groups in total. The molecule has 0 fully saturated rings. The summed E-state index contributed by atoms with van der Waals surface area (Å²) < 4.78 is 13.0. The predicted octanol–water partition coefficient (Wildman–Crippen LogP) is 17.3. The van der Waals surface area contributed by atoms with Crippen molar-refractivity contribution in [2.75, 3.05) is 9.80 Å². The van der Waals surface area contributed by atoms with E-state index in [2.05, 4.69) is 204 Å². The van der Waals surface area contributed by atoms with Crippen LogP contribution < -0.4 is 19.3 Å². The van der Waals surface area contributed by atoms with Crippen LogP contribution in [0.5, 0.6) is 23.0 Å². The van der Waals surface area contributed by atoms with E-state index in [0.717, 1.165) is 68.1 Å². The van der Waals surface area contributed by atoms with Crippen LogP contribution in [0.2, 0.25) is 0 Å². The van der Waals surface area contributed by atoms with Gasteiger partial charge in [-0.3, -0.25) is 0 Å². The minimum atomic E-state index is 0.825. The highest BCUT2D eigenvalue weighted by molar-refractivity contribution is 6.25. The quantitative estimate of drug-likeness (QED) is 0.162. The fourth-order valence-electron chi connectivity index (χ4n) is 10.0. The van der Waals surface area contributed by atoms with E-state index in [1.165, 1.54) is 54.7 Å². The van der Waals surface area contributed by atoms with Crippen LogP contribution in [0.25, 0.3) is 65.7 Å². The third kappa shape index (κ3) is 5.63. The third-order valence-electron chi connectivity index (χ3n) is 12.8. The Labute approximate surface area is 371 Å². The lowest BCUT2D eigenvalue weighted by Gasteiger charge is -2.33. The van der Waals surface area contributed by atoms with Crippen molar-refractivity contribution in [2.45, 2.75) is 0 Å². The summed E-state index contributed by atoms with van der Waals surface area (Å²) in [5.41, 5.74) is 13.2. The molecule has 0 spiro atoms. The molecule has 0 amide bonds. The summed E-state index contributed by atoms with van der Waals surface area (Å²) >= 11 is 0. The molecular formula is C60H38N2O2. The monoisotopic (exact) mass is 818 g/mol. The van der Waals surface area contributed by atoms with Gasteiger partial charge in [-0.1, -0.05) is 158 Å². The number of ether oxygens (including phenoxy) is 2. The summed E-state index contributed by atoms with van der Waals surface area (Å²) in [5, 5.41) is 7.08. The zero-order chi connectivity index (χ0) is 42.1. The maximum absolute atomic E-state index is 6.49. The number of nitrogens with zero attached hydrogens (tertiary/aromatic N) is 2. The van der Waals surface area contributed by atoms with Gasteiger partial charge < -0.3 is 19.3 Å². The van der Waals surface area contributed by atoms with Crippen molar-refractivity contribution in [3.05, 3.63) is 231 Å². The first-order valence-electron chi connectivity index (χ1n) is 21.8. The second kappa shape index (κ2) is 14.5. The summed E-state index contributed by atoms with van der Waals surface area (Å²) in [6.07, 6.45) is 0. The molecule has 0 atom stereocenters. The van der Waals surface area contributed by atoms with Gasteiger partial charge in [-0.15, -0.1) is 0 Å². The van der Waals surface area contributed by atoms with E-state index in [0.29, 0.717) is 0 Å². The van der Waals surface area contributed by atoms with Gasteiger partial charge in [-0.25, -0.2) is 0 Å². The van der Waals surface area contributed by atoms with Gasteiger partial charge in [0, 0.05) is 11.4 Å². The van der Waals surface area contributed by atoms with Crippen molar-refractivity contribution in [3.8, 4) is 56.4 Å². The molecule has 11 aromatic carbocycles. The number of fused-ring (bicyclic) bond motifs is 7. The SMILES string of the molecule is c1ccc(-c2ccc(-c3c4ccc(N5c6ccccc6Oc6ccccc65)cc4c(-c4ccccc4)c4ccc(N5c6ccccc6Oc6ccccc65)cc34)c3ccccc23)cc1. The Morgan fingerprint density at radius 2 is 0.625 bits per heavy atom. The van der Waals surface area contributed by atoms with Gasteiger partial charge in [0.15, 0.2) is 23.0 Å². The molecule has 0 bridgehead atoms. The van der Waals surface area contributed by atoms with E-state index >= 15 is 0 Å². The number of para-hydroxylation sites is 8. The van der Waals surface area contributed by atoms with Gasteiger partial charge in [-0.05, 0) is 138 Å². The molecule has 0 saturated carbocycles. The number of hydrogen-bond donors (Lipinski definition) is 0. The maximum atomic E-state index is 6.49. The van der Waals surface area contributed by atoms with E-state index < -0.39 is 0 Å². The summed E-state index contributed by atoms with van der Waals surface area (Å²) in [5.74, 6) is 3.30. The Bertz CT molecular complexity index is 3550. The highest BCUT2D eigenvalue weighted by Gasteiger charge is 2.29. The van der Waals surface area contributed by atoms with Gasteiger partial charge in [0.05, 0.1) is 22.7 Å². The van der Waals surface area contributed by atoms with Crippen molar-refractivity contribution >= 4 is 66.4 Å². The Morgan fingerprint density at radius 3 is 1.12 bits per heavy atom. The van der Waals surface area contributed by atoms with Gasteiger partial charge in [-0.2, -0.15) is 0 Å². The molecule has 4 heteroatoms. The van der Waals surface area contributed by atoms with Crippen LogP contribution in [0.15, 0.2) is 231 Å². The zero-order valence-corrected chi connectivity index (χ0v) is 34.7. The fourth-order valence-corrected chi connectivity index (χ4v) is 10.0. The number of hydrogen-bond acceptors (Lipinski definition) is 4. The highest BCUT2D eigenvalue weighted by atomic mass is 16.5. The molecule has 0 aliphatic carbocycles. The largest absolute Gasteiger partial charge is 0.453 e. The van der Waals surface area contributed by atoms with Gasteiger partial charge in [0.2, 0.25) is 0 Å². The Hall–Kier alpha value is -8.60. The lowest BCUT2D eigenvalue weighted by atomic mass is 9.83. The molecule has 0 aromatic heterocycles. The second-order valence-corrected chi connectivity index (χ2v) is 16.4. The average Bonchev–Trinajstić information content (AvgIpc) is 3.36. The molecule has 11 aromatic rings. The molecule has 2 aliphatic rings. The number of anilines is 6. The molecule has 300 valence electrons. The van der Waals surface area contributed by atoms with Crippen LogP contribution in [0.4, 0.5) is 34.1 Å². The van der Waals surface area contributed by atoms with Crippen molar-refractivity contribution in [1.29, 1.82) is 0 Å². The van der Waals surface area contributed by atoms with Crippen molar-refractivity contribution in [2.24, 2.45) is 0 Å². The molecule has 64 heavy (non-hydrogen) atoms. The first kappa shape index (κ1) is 36.1. The van der Waals surface area contributed by atoms with E-state index in [-0.39, 0.29) is 0 Å².